The highest BCUT2D eigenvalue weighted by molar-refractivity contribution is 4.76. The Hall–Kier alpha value is -0.740. The largest absolute Gasteiger partial charge is 0.395 e. The minimum absolute atomic E-state index is 0.129. The molecule has 0 fully saturated rings. The fraction of sp³-hybridized carbons (Fsp3) is 0.667. The van der Waals surface area contributed by atoms with E-state index in [1.54, 1.807) is 12.4 Å². The second-order valence-electron chi connectivity index (χ2n) is 1.69. The van der Waals surface area contributed by atoms with Gasteiger partial charge in [-0.05, 0) is 0 Å². The van der Waals surface area contributed by atoms with Crippen LogP contribution in [-0.4, -0.2) is 36.5 Å². The van der Waals surface area contributed by atoms with Crippen molar-refractivity contribution >= 4 is 0 Å². The number of rotatable bonds is 6. The van der Waals surface area contributed by atoms with Crippen molar-refractivity contribution in [3.63, 3.8) is 0 Å². The van der Waals surface area contributed by atoms with Crippen LogP contribution in [0.4, 0.5) is 0 Å². The summed E-state index contributed by atoms with van der Waals surface area (Å²) in [7, 11) is 0. The first-order chi connectivity index (χ1) is 4.91. The molecule has 0 saturated heterocycles. The molecule has 0 unspecified atom stereocenters. The van der Waals surface area contributed by atoms with Gasteiger partial charge in [-0.25, -0.2) is 0 Å². The van der Waals surface area contributed by atoms with E-state index in [9.17, 15) is 0 Å². The van der Waals surface area contributed by atoms with E-state index in [4.69, 9.17) is 10.2 Å². The van der Waals surface area contributed by atoms with Crippen molar-refractivity contribution in [3.05, 3.63) is 12.4 Å². The smallest absolute Gasteiger partial charge is 0.0603 e. The first-order valence-electron chi connectivity index (χ1n) is 3.25. The zero-order valence-electron chi connectivity index (χ0n) is 5.88. The van der Waals surface area contributed by atoms with E-state index in [0.717, 1.165) is 0 Å². The first-order valence-corrected chi connectivity index (χ1v) is 3.25. The van der Waals surface area contributed by atoms with E-state index >= 15 is 0 Å². The molecule has 0 aliphatic heterocycles. The van der Waals surface area contributed by atoms with Crippen molar-refractivity contribution in [1.29, 1.82) is 0 Å². The van der Waals surface area contributed by atoms with Crippen molar-refractivity contribution in [2.24, 2.45) is 0 Å². The van der Waals surface area contributed by atoms with Crippen LogP contribution < -0.4 is 10.6 Å². The van der Waals surface area contributed by atoms with Gasteiger partial charge in [0.2, 0.25) is 0 Å². The van der Waals surface area contributed by atoms with Gasteiger partial charge in [0.15, 0.2) is 0 Å². The van der Waals surface area contributed by atoms with Crippen LogP contribution in [-0.2, 0) is 0 Å². The fourth-order valence-electron chi connectivity index (χ4n) is 0.414. The van der Waals surface area contributed by atoms with Crippen LogP contribution in [0.3, 0.4) is 0 Å². The lowest BCUT2D eigenvalue weighted by Crippen LogP contribution is -2.15. The molecular formula is C6H14N2O2. The van der Waals surface area contributed by atoms with Gasteiger partial charge >= 0.3 is 0 Å². The molecule has 0 atom stereocenters. The average Bonchev–Trinajstić information content (AvgIpc) is 1.97. The lowest BCUT2D eigenvalue weighted by Gasteiger charge is -1.96. The van der Waals surface area contributed by atoms with Gasteiger partial charge in [-0.15, -0.1) is 0 Å². The average molecular weight is 146 g/mol. The maximum atomic E-state index is 8.31. The number of aliphatic hydroxyl groups excluding tert-OH is 2. The minimum atomic E-state index is 0.129. The van der Waals surface area contributed by atoms with Crippen LogP contribution in [0.5, 0.6) is 0 Å². The zero-order chi connectivity index (χ0) is 7.66. The van der Waals surface area contributed by atoms with Gasteiger partial charge in [-0.1, -0.05) is 0 Å². The third-order valence-electron chi connectivity index (χ3n) is 0.831. The second kappa shape index (κ2) is 8.26. The van der Waals surface area contributed by atoms with Crippen molar-refractivity contribution < 1.29 is 10.2 Å². The fourth-order valence-corrected chi connectivity index (χ4v) is 0.414. The second-order valence-corrected chi connectivity index (χ2v) is 1.69. The Balaban J connectivity index is 2.89. The Bertz CT molecular complexity index is 75.8. The van der Waals surface area contributed by atoms with Crippen LogP contribution in [0.2, 0.25) is 0 Å². The van der Waals surface area contributed by atoms with E-state index in [2.05, 4.69) is 10.6 Å². The summed E-state index contributed by atoms with van der Waals surface area (Å²) in [6.07, 6.45) is 3.37. The normalized spacial score (nSPS) is 10.2. The van der Waals surface area contributed by atoms with Gasteiger partial charge < -0.3 is 20.8 Å². The van der Waals surface area contributed by atoms with Gasteiger partial charge in [0, 0.05) is 25.5 Å². The first kappa shape index (κ1) is 9.26. The Morgan fingerprint density at radius 3 is 1.60 bits per heavy atom. The van der Waals surface area contributed by atoms with Crippen LogP contribution >= 0.6 is 0 Å². The summed E-state index contributed by atoms with van der Waals surface area (Å²) in [5, 5.41) is 22.3. The molecule has 4 nitrogen and oxygen atoms in total. The Morgan fingerprint density at radius 1 is 0.900 bits per heavy atom. The Kier molecular flexibility index (Phi) is 7.65. The summed E-state index contributed by atoms with van der Waals surface area (Å²) in [6, 6.07) is 0. The predicted octanol–water partition coefficient (Wildman–Crippen LogP) is -1.38. The molecule has 0 radical (unpaired) electrons. The summed E-state index contributed by atoms with van der Waals surface area (Å²) in [5.41, 5.74) is 0. The van der Waals surface area contributed by atoms with Crippen molar-refractivity contribution in [2.75, 3.05) is 26.3 Å². The highest BCUT2D eigenvalue weighted by atomic mass is 16.3. The van der Waals surface area contributed by atoms with E-state index in [1.165, 1.54) is 0 Å². The highest BCUT2D eigenvalue weighted by Crippen LogP contribution is 1.61. The number of aliphatic hydroxyl groups is 2. The minimum Gasteiger partial charge on any atom is -0.395 e. The van der Waals surface area contributed by atoms with Gasteiger partial charge in [-0.2, -0.15) is 0 Å². The number of hydrogen-bond acceptors (Lipinski definition) is 4. The number of nitrogens with one attached hydrogen (secondary N) is 2. The third-order valence-corrected chi connectivity index (χ3v) is 0.831. The van der Waals surface area contributed by atoms with E-state index in [-0.39, 0.29) is 13.2 Å². The standard InChI is InChI=1S/C6H14N2O2/c9-5-3-7-1-2-8-4-6-10/h1-2,7-10H,3-6H2. The monoisotopic (exact) mass is 146 g/mol. The van der Waals surface area contributed by atoms with Crippen LogP contribution in [0.15, 0.2) is 12.4 Å². The third kappa shape index (κ3) is 7.26. The molecule has 0 aliphatic carbocycles. The van der Waals surface area contributed by atoms with E-state index in [1.807, 2.05) is 0 Å². The molecular weight excluding hydrogens is 132 g/mol. The van der Waals surface area contributed by atoms with Crippen molar-refractivity contribution in [1.82, 2.24) is 10.6 Å². The van der Waals surface area contributed by atoms with Crippen LogP contribution in [0, 0.1) is 0 Å². The Morgan fingerprint density at radius 2 is 1.30 bits per heavy atom. The summed E-state index contributed by atoms with van der Waals surface area (Å²) in [5.74, 6) is 0. The topological polar surface area (TPSA) is 64.5 Å². The lowest BCUT2D eigenvalue weighted by atomic mass is 10.6. The predicted molar refractivity (Wildman–Crippen MR) is 39.3 cm³/mol. The molecule has 0 aromatic heterocycles. The molecule has 0 amide bonds. The molecule has 0 aromatic carbocycles. The highest BCUT2D eigenvalue weighted by Gasteiger charge is 1.74. The molecule has 60 valence electrons. The molecule has 0 aromatic rings. The van der Waals surface area contributed by atoms with Gasteiger partial charge in [0.1, 0.15) is 0 Å². The maximum Gasteiger partial charge on any atom is 0.0603 e. The van der Waals surface area contributed by atoms with Crippen LogP contribution in [0.1, 0.15) is 0 Å². The SMILES string of the molecule is OCCNC=CNCCO. The zero-order valence-corrected chi connectivity index (χ0v) is 5.88. The van der Waals surface area contributed by atoms with Gasteiger partial charge in [-0.3, -0.25) is 0 Å². The quantitative estimate of drug-likeness (QED) is 0.349. The Labute approximate surface area is 60.6 Å². The van der Waals surface area contributed by atoms with Gasteiger partial charge in [0.05, 0.1) is 13.2 Å². The molecule has 10 heavy (non-hydrogen) atoms. The summed E-state index contributed by atoms with van der Waals surface area (Å²) in [4.78, 5) is 0. The molecule has 0 aliphatic rings. The summed E-state index contributed by atoms with van der Waals surface area (Å²) >= 11 is 0. The van der Waals surface area contributed by atoms with Crippen LogP contribution in [0.25, 0.3) is 0 Å². The molecule has 0 spiro atoms. The molecule has 4 heteroatoms. The molecule has 4 N–H and O–H groups in total. The maximum absolute atomic E-state index is 8.31. The number of hydrogen-bond donors (Lipinski definition) is 4. The lowest BCUT2D eigenvalue weighted by molar-refractivity contribution is 0.296. The molecule has 0 bridgehead atoms. The summed E-state index contributed by atoms with van der Waals surface area (Å²) in [6.45, 7) is 1.36. The van der Waals surface area contributed by atoms with Crippen molar-refractivity contribution in [2.45, 2.75) is 0 Å². The van der Waals surface area contributed by atoms with E-state index in [0.29, 0.717) is 13.1 Å². The molecule has 0 saturated carbocycles. The van der Waals surface area contributed by atoms with Gasteiger partial charge in [0.25, 0.3) is 0 Å². The summed E-state index contributed by atoms with van der Waals surface area (Å²) < 4.78 is 0. The van der Waals surface area contributed by atoms with E-state index < -0.39 is 0 Å². The van der Waals surface area contributed by atoms with Crippen molar-refractivity contribution in [3.8, 4) is 0 Å². The molecule has 0 rings (SSSR count). The molecule has 0 heterocycles.